The average molecular weight is 248 g/mol. The summed E-state index contributed by atoms with van der Waals surface area (Å²) in [7, 11) is 1.66. The molecule has 0 amide bonds. The Bertz CT molecular complexity index is 468. The van der Waals surface area contributed by atoms with Gasteiger partial charge in [-0.3, -0.25) is 0 Å². The van der Waals surface area contributed by atoms with Crippen LogP contribution in [0.1, 0.15) is 11.8 Å². The van der Waals surface area contributed by atoms with Crippen molar-refractivity contribution in [1.82, 2.24) is 10.3 Å². The van der Waals surface area contributed by atoms with Crippen molar-refractivity contribution in [1.29, 1.82) is 0 Å². The minimum atomic E-state index is 0.719. The van der Waals surface area contributed by atoms with Crippen LogP contribution < -0.4 is 10.1 Å². The molecule has 3 nitrogen and oxygen atoms in total. The van der Waals surface area contributed by atoms with Crippen molar-refractivity contribution in [3.05, 3.63) is 35.2 Å². The third-order valence-electron chi connectivity index (χ3n) is 2.44. The molecule has 0 spiro atoms. The fraction of sp³-hybridized carbons (Fsp3) is 0.308. The maximum atomic E-state index is 5.22. The van der Waals surface area contributed by atoms with Gasteiger partial charge in [-0.2, -0.15) is 0 Å². The van der Waals surface area contributed by atoms with Gasteiger partial charge in [-0.05, 0) is 6.54 Å². The van der Waals surface area contributed by atoms with Gasteiger partial charge in [0.05, 0.1) is 17.7 Å². The highest BCUT2D eigenvalue weighted by atomic mass is 32.1. The van der Waals surface area contributed by atoms with Gasteiger partial charge in [-0.1, -0.05) is 48.6 Å². The lowest BCUT2D eigenvalue weighted by molar-refractivity contribution is 0.412. The Balaban J connectivity index is 2.34. The lowest BCUT2D eigenvalue weighted by Crippen LogP contribution is -2.11. The minimum Gasteiger partial charge on any atom is -0.473 e. The Morgan fingerprint density at radius 3 is 2.71 bits per heavy atom. The van der Waals surface area contributed by atoms with Crippen molar-refractivity contribution in [2.24, 2.45) is 0 Å². The molecule has 0 aliphatic rings. The second kappa shape index (κ2) is 5.80. The quantitative estimate of drug-likeness (QED) is 0.883. The number of hydrogen-bond donors (Lipinski definition) is 1. The van der Waals surface area contributed by atoms with Gasteiger partial charge in [0.15, 0.2) is 0 Å². The standard InChI is InChI=1S/C13H16N2OS/c1-3-14-9-11-12(15-13(16-2)17-11)10-7-5-4-6-8-10/h4-8,14H,3,9H2,1-2H3. The zero-order chi connectivity index (χ0) is 12.1. The normalized spacial score (nSPS) is 10.5. The number of thiazole rings is 1. The van der Waals surface area contributed by atoms with Crippen LogP contribution in [0.15, 0.2) is 30.3 Å². The van der Waals surface area contributed by atoms with Gasteiger partial charge in [0, 0.05) is 12.1 Å². The van der Waals surface area contributed by atoms with Gasteiger partial charge in [-0.15, -0.1) is 0 Å². The Hall–Kier alpha value is -1.39. The zero-order valence-electron chi connectivity index (χ0n) is 10.1. The number of rotatable bonds is 5. The maximum Gasteiger partial charge on any atom is 0.273 e. The van der Waals surface area contributed by atoms with E-state index in [9.17, 15) is 0 Å². The summed E-state index contributed by atoms with van der Waals surface area (Å²) in [5, 5.41) is 4.05. The molecule has 2 aromatic rings. The van der Waals surface area contributed by atoms with E-state index in [0.717, 1.165) is 29.5 Å². The zero-order valence-corrected chi connectivity index (χ0v) is 10.9. The lowest BCUT2D eigenvalue weighted by Gasteiger charge is -2.02. The number of nitrogens with one attached hydrogen (secondary N) is 1. The first-order valence-corrected chi connectivity index (χ1v) is 6.46. The van der Waals surface area contributed by atoms with E-state index in [-0.39, 0.29) is 0 Å². The average Bonchev–Trinajstić information content (AvgIpc) is 2.80. The van der Waals surface area contributed by atoms with E-state index in [4.69, 9.17) is 4.74 Å². The molecule has 0 saturated heterocycles. The van der Waals surface area contributed by atoms with Crippen LogP contribution in [0.25, 0.3) is 11.3 Å². The number of benzene rings is 1. The van der Waals surface area contributed by atoms with Crippen LogP contribution in [0.3, 0.4) is 0 Å². The van der Waals surface area contributed by atoms with Crippen molar-refractivity contribution < 1.29 is 4.74 Å². The van der Waals surface area contributed by atoms with E-state index in [2.05, 4.69) is 29.4 Å². The summed E-state index contributed by atoms with van der Waals surface area (Å²) < 4.78 is 5.22. The molecule has 2 rings (SSSR count). The van der Waals surface area contributed by atoms with Gasteiger partial charge in [0.2, 0.25) is 0 Å². The van der Waals surface area contributed by atoms with E-state index in [1.54, 1.807) is 18.4 Å². The van der Waals surface area contributed by atoms with Crippen molar-refractivity contribution in [3.8, 4) is 16.5 Å². The van der Waals surface area contributed by atoms with E-state index >= 15 is 0 Å². The second-order valence-corrected chi connectivity index (χ2v) is 4.65. The number of hydrogen-bond acceptors (Lipinski definition) is 4. The summed E-state index contributed by atoms with van der Waals surface area (Å²) in [6.45, 7) is 3.89. The van der Waals surface area contributed by atoms with E-state index in [1.807, 2.05) is 18.2 Å². The maximum absolute atomic E-state index is 5.22. The molecular formula is C13H16N2OS. The number of aromatic nitrogens is 1. The van der Waals surface area contributed by atoms with Crippen molar-refractivity contribution in [3.63, 3.8) is 0 Å². The van der Waals surface area contributed by atoms with Crippen LogP contribution in [-0.4, -0.2) is 18.6 Å². The molecule has 90 valence electrons. The summed E-state index contributed by atoms with van der Waals surface area (Å²) >= 11 is 1.60. The van der Waals surface area contributed by atoms with E-state index in [0.29, 0.717) is 0 Å². The molecule has 0 aliphatic heterocycles. The van der Waals surface area contributed by atoms with Gasteiger partial charge in [0.25, 0.3) is 5.19 Å². The third-order valence-corrected chi connectivity index (χ3v) is 3.45. The molecule has 4 heteroatoms. The summed E-state index contributed by atoms with van der Waals surface area (Å²) in [5.74, 6) is 0. The molecule has 0 atom stereocenters. The first kappa shape index (κ1) is 12.1. The van der Waals surface area contributed by atoms with Crippen molar-refractivity contribution in [2.45, 2.75) is 13.5 Å². The van der Waals surface area contributed by atoms with E-state index < -0.39 is 0 Å². The van der Waals surface area contributed by atoms with E-state index in [1.165, 1.54) is 4.88 Å². The predicted molar refractivity (Wildman–Crippen MR) is 71.5 cm³/mol. The van der Waals surface area contributed by atoms with Gasteiger partial charge >= 0.3 is 0 Å². The molecule has 1 heterocycles. The molecule has 0 bridgehead atoms. The summed E-state index contributed by atoms with van der Waals surface area (Å²) in [5.41, 5.74) is 2.16. The second-order valence-electron chi connectivity index (χ2n) is 3.60. The van der Waals surface area contributed by atoms with Gasteiger partial charge < -0.3 is 10.1 Å². The van der Waals surface area contributed by atoms with Crippen molar-refractivity contribution >= 4 is 11.3 Å². The largest absolute Gasteiger partial charge is 0.473 e. The predicted octanol–water partition coefficient (Wildman–Crippen LogP) is 2.93. The van der Waals surface area contributed by atoms with Crippen molar-refractivity contribution in [2.75, 3.05) is 13.7 Å². The summed E-state index contributed by atoms with van der Waals surface area (Å²) in [6, 6.07) is 10.2. The van der Waals surface area contributed by atoms with Crippen LogP contribution in [0, 0.1) is 0 Å². The van der Waals surface area contributed by atoms with Crippen LogP contribution in [-0.2, 0) is 6.54 Å². The lowest BCUT2D eigenvalue weighted by atomic mass is 10.1. The number of nitrogens with zero attached hydrogens (tertiary/aromatic N) is 1. The molecule has 0 aliphatic carbocycles. The molecule has 0 unspecified atom stereocenters. The molecule has 17 heavy (non-hydrogen) atoms. The van der Waals surface area contributed by atoms with Crippen LogP contribution in [0.2, 0.25) is 0 Å². The fourth-order valence-corrected chi connectivity index (χ4v) is 2.46. The first-order chi connectivity index (χ1) is 8.35. The highest BCUT2D eigenvalue weighted by molar-refractivity contribution is 7.13. The molecule has 0 saturated carbocycles. The molecular weight excluding hydrogens is 232 g/mol. The monoisotopic (exact) mass is 248 g/mol. The summed E-state index contributed by atoms with van der Waals surface area (Å²) in [4.78, 5) is 5.73. The molecule has 0 fully saturated rings. The first-order valence-electron chi connectivity index (χ1n) is 5.65. The third kappa shape index (κ3) is 2.84. The minimum absolute atomic E-state index is 0.719. The van der Waals surface area contributed by atoms with Gasteiger partial charge in [0.1, 0.15) is 0 Å². The van der Waals surface area contributed by atoms with Gasteiger partial charge in [-0.25, -0.2) is 4.98 Å². The molecule has 0 radical (unpaired) electrons. The van der Waals surface area contributed by atoms with Crippen LogP contribution in [0.4, 0.5) is 0 Å². The Kier molecular flexibility index (Phi) is 4.12. The topological polar surface area (TPSA) is 34.1 Å². The molecule has 1 N–H and O–H groups in total. The van der Waals surface area contributed by atoms with Crippen LogP contribution >= 0.6 is 11.3 Å². The molecule has 1 aromatic heterocycles. The SMILES string of the molecule is CCNCc1sc(OC)nc1-c1ccccc1. The Labute approximate surface area is 105 Å². The highest BCUT2D eigenvalue weighted by Gasteiger charge is 2.12. The highest BCUT2D eigenvalue weighted by Crippen LogP contribution is 2.32. The Morgan fingerprint density at radius 2 is 2.06 bits per heavy atom. The fourth-order valence-electron chi connectivity index (χ4n) is 1.60. The molecule has 1 aromatic carbocycles. The Morgan fingerprint density at radius 1 is 1.29 bits per heavy atom. The number of ether oxygens (including phenoxy) is 1. The van der Waals surface area contributed by atoms with Crippen LogP contribution in [0.5, 0.6) is 5.19 Å². The smallest absolute Gasteiger partial charge is 0.273 e. The summed E-state index contributed by atoms with van der Waals surface area (Å²) in [6.07, 6.45) is 0. The number of methoxy groups -OCH3 is 1.